The van der Waals surface area contributed by atoms with Gasteiger partial charge in [-0.2, -0.15) is 0 Å². The van der Waals surface area contributed by atoms with E-state index in [2.05, 4.69) is 68.7 Å². The van der Waals surface area contributed by atoms with Gasteiger partial charge >= 0.3 is 6.01 Å². The van der Waals surface area contributed by atoms with Crippen molar-refractivity contribution in [2.75, 3.05) is 5.73 Å². The van der Waals surface area contributed by atoms with Crippen LogP contribution in [0.4, 0.5) is 6.01 Å². The van der Waals surface area contributed by atoms with Crippen molar-refractivity contribution >= 4 is 6.01 Å². The Labute approximate surface area is 192 Å². The summed E-state index contributed by atoms with van der Waals surface area (Å²) in [6.07, 6.45) is 8.55. The molecule has 7 nitrogen and oxygen atoms in total. The van der Waals surface area contributed by atoms with E-state index in [1.807, 2.05) is 0 Å². The lowest BCUT2D eigenvalue weighted by Gasteiger charge is -2.39. The Morgan fingerprint density at radius 2 is 1.67 bits per heavy atom. The maximum absolute atomic E-state index is 5.92. The van der Waals surface area contributed by atoms with E-state index in [-0.39, 0.29) is 11.4 Å². The number of ether oxygens (including phenoxy) is 1. The van der Waals surface area contributed by atoms with E-state index in [1.165, 1.54) is 36.8 Å². The van der Waals surface area contributed by atoms with Gasteiger partial charge in [-0.3, -0.25) is 0 Å². The van der Waals surface area contributed by atoms with Gasteiger partial charge in [-0.25, -0.2) is 9.97 Å². The fraction of sp³-hybridized carbons (Fsp3) is 0.308. The molecule has 0 unspecified atom stereocenters. The van der Waals surface area contributed by atoms with Crippen LogP contribution in [0.5, 0.6) is 5.75 Å². The first-order valence-electron chi connectivity index (χ1n) is 11.4. The molecule has 2 aromatic carbocycles. The number of rotatable bonds is 6. The topological polar surface area (TPSA) is 100.0 Å². The minimum Gasteiger partial charge on any atom is -0.486 e. The molecule has 2 saturated carbocycles. The second-order valence-corrected chi connectivity index (χ2v) is 9.05. The number of nitrogens with two attached hydrogens (primary N) is 1. The van der Waals surface area contributed by atoms with E-state index in [0.717, 1.165) is 17.2 Å². The van der Waals surface area contributed by atoms with Gasteiger partial charge in [0.25, 0.3) is 0 Å². The molecule has 2 aliphatic rings. The summed E-state index contributed by atoms with van der Waals surface area (Å²) >= 11 is 0. The quantitative estimate of drug-likeness (QED) is 0.461. The largest absolute Gasteiger partial charge is 0.486 e. The first-order valence-corrected chi connectivity index (χ1v) is 11.4. The van der Waals surface area contributed by atoms with E-state index in [9.17, 15) is 0 Å². The molecule has 2 bridgehead atoms. The average Bonchev–Trinajstić information content (AvgIpc) is 3.61. The Bertz CT molecular complexity index is 1240. The van der Waals surface area contributed by atoms with E-state index >= 15 is 0 Å². The molecule has 2 fully saturated rings. The normalized spacial score (nSPS) is 23.6. The molecule has 0 saturated heterocycles. The molecule has 7 heteroatoms. The summed E-state index contributed by atoms with van der Waals surface area (Å²) < 4.78 is 11.3. The third-order valence-corrected chi connectivity index (χ3v) is 7.29. The summed E-state index contributed by atoms with van der Waals surface area (Å²) in [5.41, 5.74) is 9.20. The summed E-state index contributed by atoms with van der Waals surface area (Å²) in [6, 6.07) is 19.0. The Balaban J connectivity index is 1.29. The minimum atomic E-state index is 0.0242. The van der Waals surface area contributed by atoms with Crippen molar-refractivity contribution in [2.24, 2.45) is 11.8 Å². The lowest BCUT2D eigenvalue weighted by Crippen LogP contribution is -2.34. The van der Waals surface area contributed by atoms with Crippen LogP contribution in [0.15, 0.2) is 71.4 Å². The second-order valence-electron chi connectivity index (χ2n) is 9.05. The van der Waals surface area contributed by atoms with Crippen LogP contribution in [0.2, 0.25) is 0 Å². The zero-order valence-electron chi connectivity index (χ0n) is 18.2. The smallest absolute Gasteiger partial charge is 0.313 e. The average molecular weight is 440 g/mol. The van der Waals surface area contributed by atoms with Crippen LogP contribution in [0, 0.1) is 11.8 Å². The van der Waals surface area contributed by atoms with Gasteiger partial charge in [0, 0.05) is 23.4 Å². The van der Waals surface area contributed by atoms with Crippen molar-refractivity contribution in [1.82, 2.24) is 20.2 Å². The van der Waals surface area contributed by atoms with Gasteiger partial charge < -0.3 is 14.9 Å². The highest BCUT2D eigenvalue weighted by Crippen LogP contribution is 2.60. The predicted molar refractivity (Wildman–Crippen MR) is 123 cm³/mol. The molecule has 4 aromatic rings. The SMILES string of the molecule is Nc1nnc(-c2ccc([C@@]3(c4ccc(OCc5ncccn5)cc4)C[C@@H]4CC[C@H]3C4)cc2)o1. The summed E-state index contributed by atoms with van der Waals surface area (Å²) in [7, 11) is 0. The number of nitrogen functional groups attached to an aromatic ring is 1. The number of aromatic nitrogens is 4. The Morgan fingerprint density at radius 1 is 0.939 bits per heavy atom. The zero-order valence-corrected chi connectivity index (χ0v) is 18.2. The van der Waals surface area contributed by atoms with Gasteiger partial charge in [-0.05, 0) is 72.6 Å². The molecule has 0 spiro atoms. The van der Waals surface area contributed by atoms with E-state index in [1.54, 1.807) is 18.5 Å². The van der Waals surface area contributed by atoms with E-state index in [4.69, 9.17) is 14.9 Å². The van der Waals surface area contributed by atoms with Crippen LogP contribution in [-0.4, -0.2) is 20.2 Å². The summed E-state index contributed by atoms with van der Waals surface area (Å²) in [5.74, 6) is 3.39. The highest BCUT2D eigenvalue weighted by atomic mass is 16.5. The Hall–Kier alpha value is -3.74. The Kier molecular flexibility index (Phi) is 4.82. The van der Waals surface area contributed by atoms with Crippen LogP contribution < -0.4 is 10.5 Å². The molecule has 0 aliphatic heterocycles. The van der Waals surface area contributed by atoms with E-state index in [0.29, 0.717) is 24.2 Å². The Morgan fingerprint density at radius 3 is 2.27 bits per heavy atom. The lowest BCUT2D eigenvalue weighted by atomic mass is 9.64. The number of benzene rings is 2. The van der Waals surface area contributed by atoms with Crippen molar-refractivity contribution in [2.45, 2.75) is 37.7 Å². The number of nitrogens with zero attached hydrogens (tertiary/aromatic N) is 4. The third-order valence-electron chi connectivity index (χ3n) is 7.29. The molecule has 3 atom stereocenters. The molecule has 166 valence electrons. The van der Waals surface area contributed by atoms with Crippen LogP contribution in [-0.2, 0) is 12.0 Å². The van der Waals surface area contributed by atoms with Crippen LogP contribution >= 0.6 is 0 Å². The van der Waals surface area contributed by atoms with Crippen molar-refractivity contribution in [3.63, 3.8) is 0 Å². The zero-order chi connectivity index (χ0) is 22.3. The van der Waals surface area contributed by atoms with Crippen LogP contribution in [0.1, 0.15) is 42.6 Å². The fourth-order valence-electron chi connectivity index (χ4n) is 5.87. The van der Waals surface area contributed by atoms with Gasteiger partial charge in [0.1, 0.15) is 12.4 Å². The number of anilines is 1. The van der Waals surface area contributed by atoms with Gasteiger partial charge in [-0.1, -0.05) is 35.8 Å². The van der Waals surface area contributed by atoms with E-state index < -0.39 is 0 Å². The highest BCUT2D eigenvalue weighted by Gasteiger charge is 2.52. The summed E-state index contributed by atoms with van der Waals surface area (Å²) in [4.78, 5) is 8.45. The standard InChI is InChI=1S/C26H25N5O2/c27-25-31-30-24(33-25)18-3-6-19(7-4-18)26(15-17-2-5-21(26)14-17)20-8-10-22(11-9-20)32-16-23-28-12-1-13-29-23/h1,3-4,6-13,17,21H,2,5,14-16H2,(H2,27,31)/t17-,21+,26-/m1/s1. The second kappa shape index (κ2) is 7.99. The van der Waals surface area contributed by atoms with Crippen LogP contribution in [0.25, 0.3) is 11.5 Å². The van der Waals surface area contributed by atoms with Crippen molar-refractivity contribution < 1.29 is 9.15 Å². The van der Waals surface area contributed by atoms with Crippen molar-refractivity contribution in [3.05, 3.63) is 83.9 Å². The molecule has 6 rings (SSSR count). The van der Waals surface area contributed by atoms with Crippen molar-refractivity contribution in [3.8, 4) is 17.2 Å². The molecule has 0 radical (unpaired) electrons. The molecular weight excluding hydrogens is 414 g/mol. The summed E-state index contributed by atoms with van der Waals surface area (Å²) in [6.45, 7) is 0.359. The lowest BCUT2D eigenvalue weighted by molar-refractivity contribution is 0.294. The maximum Gasteiger partial charge on any atom is 0.313 e. The minimum absolute atomic E-state index is 0.0242. The highest BCUT2D eigenvalue weighted by molar-refractivity contribution is 5.56. The summed E-state index contributed by atoms with van der Waals surface area (Å²) in [5, 5.41) is 7.78. The first-order chi connectivity index (χ1) is 16.2. The molecule has 2 aromatic heterocycles. The molecular formula is C26H25N5O2. The molecule has 2 aliphatic carbocycles. The molecule has 0 amide bonds. The third kappa shape index (κ3) is 3.53. The number of fused-ring (bicyclic) bond motifs is 2. The molecule has 33 heavy (non-hydrogen) atoms. The molecule has 2 N–H and O–H groups in total. The van der Waals surface area contributed by atoms with Crippen molar-refractivity contribution in [1.29, 1.82) is 0 Å². The molecule has 2 heterocycles. The van der Waals surface area contributed by atoms with Crippen LogP contribution in [0.3, 0.4) is 0 Å². The van der Waals surface area contributed by atoms with Gasteiger partial charge in [0.2, 0.25) is 5.89 Å². The van der Waals surface area contributed by atoms with Gasteiger partial charge in [0.05, 0.1) is 0 Å². The predicted octanol–water partition coefficient (Wildman–Crippen LogP) is 4.79. The van der Waals surface area contributed by atoms with Gasteiger partial charge in [0.15, 0.2) is 5.82 Å². The maximum atomic E-state index is 5.92. The number of hydrogen-bond donors (Lipinski definition) is 1. The first kappa shape index (κ1) is 19.9. The monoisotopic (exact) mass is 439 g/mol. The fourth-order valence-corrected chi connectivity index (χ4v) is 5.87. The number of hydrogen-bond acceptors (Lipinski definition) is 7. The van der Waals surface area contributed by atoms with Gasteiger partial charge in [-0.15, -0.1) is 5.10 Å².